The number of thioether (sulfide) groups is 1. The number of likely N-dealkylation sites (tertiary alicyclic amines) is 2. The molecule has 0 saturated carbocycles. The smallest absolute Gasteiger partial charge is 0.254 e. The Balaban J connectivity index is 1.19. The Morgan fingerprint density at radius 3 is 2.77 bits per heavy atom. The van der Waals surface area contributed by atoms with Crippen LogP contribution in [0.15, 0.2) is 53.4 Å². The van der Waals surface area contributed by atoms with Gasteiger partial charge in [0.15, 0.2) is 0 Å². The van der Waals surface area contributed by atoms with Gasteiger partial charge in [0.1, 0.15) is 0 Å². The number of carbonyl (C=O) groups excluding carboxylic acids is 1. The largest absolute Gasteiger partial charge is 0.367 e. The third-order valence-corrected chi connectivity index (χ3v) is 8.84. The molecule has 0 spiro atoms. The van der Waals surface area contributed by atoms with Crippen molar-refractivity contribution in [3.8, 4) is 0 Å². The molecule has 4 nitrogen and oxygen atoms in total. The maximum absolute atomic E-state index is 13.1. The second-order valence-electron chi connectivity index (χ2n) is 9.47. The predicted molar refractivity (Wildman–Crippen MR) is 127 cm³/mol. The molecular formula is C26H31N3OS. The number of piperidine rings is 1. The maximum atomic E-state index is 13.1. The van der Waals surface area contributed by atoms with Crippen molar-refractivity contribution in [1.82, 2.24) is 9.80 Å². The van der Waals surface area contributed by atoms with Crippen LogP contribution < -0.4 is 4.90 Å². The second kappa shape index (κ2) is 8.18. The van der Waals surface area contributed by atoms with E-state index in [1.54, 1.807) is 11.3 Å². The molecule has 0 radical (unpaired) electrons. The zero-order chi connectivity index (χ0) is 20.8. The Bertz CT molecular complexity index is 964. The van der Waals surface area contributed by atoms with Crippen molar-refractivity contribution < 1.29 is 4.79 Å². The van der Waals surface area contributed by atoms with Gasteiger partial charge in [0.25, 0.3) is 5.91 Å². The molecule has 6 rings (SSSR count). The van der Waals surface area contributed by atoms with Gasteiger partial charge in [0, 0.05) is 61.2 Å². The van der Waals surface area contributed by atoms with Crippen LogP contribution in [0.3, 0.4) is 0 Å². The summed E-state index contributed by atoms with van der Waals surface area (Å²) >= 11 is 2.04. The Labute approximate surface area is 189 Å². The van der Waals surface area contributed by atoms with E-state index >= 15 is 0 Å². The molecule has 0 aliphatic carbocycles. The van der Waals surface area contributed by atoms with E-state index in [1.165, 1.54) is 30.0 Å². The van der Waals surface area contributed by atoms with E-state index in [-0.39, 0.29) is 5.91 Å². The number of para-hydroxylation sites is 1. The highest BCUT2D eigenvalue weighted by Gasteiger charge is 2.44. The fraction of sp³-hybridized carbons (Fsp3) is 0.500. The van der Waals surface area contributed by atoms with Gasteiger partial charge in [-0.25, -0.2) is 0 Å². The number of benzene rings is 2. The Morgan fingerprint density at radius 1 is 0.968 bits per heavy atom. The summed E-state index contributed by atoms with van der Waals surface area (Å²) in [6, 6.07) is 17.8. The van der Waals surface area contributed by atoms with Crippen molar-refractivity contribution in [2.24, 2.45) is 0 Å². The minimum Gasteiger partial charge on any atom is -0.367 e. The van der Waals surface area contributed by atoms with Crippen molar-refractivity contribution in [2.75, 3.05) is 43.4 Å². The van der Waals surface area contributed by atoms with Crippen molar-refractivity contribution in [3.05, 3.63) is 59.7 Å². The number of hydrogen-bond donors (Lipinski definition) is 0. The van der Waals surface area contributed by atoms with Crippen molar-refractivity contribution in [1.29, 1.82) is 0 Å². The molecular weight excluding hydrogens is 402 g/mol. The standard InChI is InChI=1S/C26H31N3OS/c30-26(19-7-2-1-3-8-19)28-13-5-9-20(28)17-27-15-12-23-22(18-27)21-10-4-11-24-25(21)29(23)14-6-16-31-24/h1-4,7-8,10-11,20,22-23H,5-6,9,12-18H2/t20-,22-,23-/m0/s1. The van der Waals surface area contributed by atoms with Crippen LogP contribution in [0.25, 0.3) is 0 Å². The van der Waals surface area contributed by atoms with Gasteiger partial charge in [-0.2, -0.15) is 0 Å². The van der Waals surface area contributed by atoms with E-state index in [0.29, 0.717) is 18.0 Å². The van der Waals surface area contributed by atoms with Gasteiger partial charge < -0.3 is 14.7 Å². The molecule has 4 heterocycles. The summed E-state index contributed by atoms with van der Waals surface area (Å²) in [6.45, 7) is 5.41. The summed E-state index contributed by atoms with van der Waals surface area (Å²) in [6.07, 6.45) is 4.78. The Kier molecular flexibility index (Phi) is 5.19. The number of hydrogen-bond acceptors (Lipinski definition) is 4. The quantitative estimate of drug-likeness (QED) is 0.714. The summed E-state index contributed by atoms with van der Waals surface area (Å²) < 4.78 is 0. The van der Waals surface area contributed by atoms with Crippen LogP contribution in [0.5, 0.6) is 0 Å². The second-order valence-corrected chi connectivity index (χ2v) is 10.6. The van der Waals surface area contributed by atoms with E-state index in [9.17, 15) is 4.79 Å². The van der Waals surface area contributed by atoms with Gasteiger partial charge >= 0.3 is 0 Å². The van der Waals surface area contributed by atoms with E-state index in [4.69, 9.17) is 0 Å². The molecule has 2 aromatic rings. The van der Waals surface area contributed by atoms with Crippen molar-refractivity contribution >= 4 is 23.4 Å². The molecule has 0 aromatic heterocycles. The van der Waals surface area contributed by atoms with Crippen LogP contribution in [0, 0.1) is 0 Å². The lowest BCUT2D eigenvalue weighted by Gasteiger charge is -2.40. The highest BCUT2D eigenvalue weighted by Crippen LogP contribution is 2.50. The molecule has 0 unspecified atom stereocenters. The highest BCUT2D eigenvalue weighted by molar-refractivity contribution is 7.99. The fourth-order valence-electron chi connectivity index (χ4n) is 6.31. The van der Waals surface area contributed by atoms with Crippen LogP contribution in [-0.4, -0.2) is 66.3 Å². The van der Waals surface area contributed by atoms with E-state index in [1.807, 2.05) is 42.1 Å². The SMILES string of the molecule is O=C(c1ccccc1)N1CCC[C@H]1CN1CC[C@H]2[C@@H](C1)c1cccc3c1N2CCCS3. The average Bonchev–Trinajstić information content (AvgIpc) is 3.32. The molecule has 162 valence electrons. The number of rotatable bonds is 3. The first-order valence-electron chi connectivity index (χ1n) is 11.9. The average molecular weight is 434 g/mol. The number of anilines is 1. The first kappa shape index (κ1) is 19.7. The molecule has 2 saturated heterocycles. The minimum absolute atomic E-state index is 0.208. The molecule has 0 N–H and O–H groups in total. The lowest BCUT2D eigenvalue weighted by Crippen LogP contribution is -2.50. The summed E-state index contributed by atoms with van der Waals surface area (Å²) in [5.74, 6) is 2.06. The minimum atomic E-state index is 0.208. The predicted octanol–water partition coefficient (Wildman–Crippen LogP) is 4.47. The van der Waals surface area contributed by atoms with Gasteiger partial charge in [-0.1, -0.05) is 30.3 Å². The molecule has 2 aromatic carbocycles. The molecule has 2 fully saturated rings. The summed E-state index contributed by atoms with van der Waals surface area (Å²) in [4.78, 5) is 22.1. The number of carbonyl (C=O) groups is 1. The maximum Gasteiger partial charge on any atom is 0.254 e. The fourth-order valence-corrected chi connectivity index (χ4v) is 7.35. The zero-order valence-electron chi connectivity index (χ0n) is 18.1. The molecule has 3 atom stereocenters. The lowest BCUT2D eigenvalue weighted by atomic mass is 9.88. The van der Waals surface area contributed by atoms with Gasteiger partial charge in [0.2, 0.25) is 0 Å². The van der Waals surface area contributed by atoms with Crippen LogP contribution in [0.1, 0.15) is 47.5 Å². The van der Waals surface area contributed by atoms with Gasteiger partial charge in [0.05, 0.1) is 5.69 Å². The monoisotopic (exact) mass is 433 g/mol. The highest BCUT2D eigenvalue weighted by atomic mass is 32.2. The number of nitrogens with zero attached hydrogens (tertiary/aromatic N) is 3. The zero-order valence-corrected chi connectivity index (χ0v) is 18.9. The number of amides is 1. The molecule has 1 amide bonds. The Hall–Kier alpha value is -1.98. The summed E-state index contributed by atoms with van der Waals surface area (Å²) in [7, 11) is 0. The van der Waals surface area contributed by atoms with E-state index in [2.05, 4.69) is 32.9 Å². The summed E-state index contributed by atoms with van der Waals surface area (Å²) in [5, 5.41) is 0. The molecule has 0 bridgehead atoms. The van der Waals surface area contributed by atoms with Crippen molar-refractivity contribution in [3.63, 3.8) is 0 Å². The molecule has 4 aliphatic heterocycles. The van der Waals surface area contributed by atoms with E-state index < -0.39 is 0 Å². The topological polar surface area (TPSA) is 26.8 Å². The van der Waals surface area contributed by atoms with Gasteiger partial charge in [-0.3, -0.25) is 4.79 Å². The van der Waals surface area contributed by atoms with Crippen LogP contribution in [0.4, 0.5) is 5.69 Å². The van der Waals surface area contributed by atoms with Crippen LogP contribution in [-0.2, 0) is 0 Å². The number of fused-ring (bicyclic) bond motifs is 3. The van der Waals surface area contributed by atoms with Crippen molar-refractivity contribution in [2.45, 2.75) is 48.6 Å². The van der Waals surface area contributed by atoms with Crippen LogP contribution in [0.2, 0.25) is 0 Å². The summed E-state index contributed by atoms with van der Waals surface area (Å²) in [5.41, 5.74) is 3.95. The third-order valence-electron chi connectivity index (χ3n) is 7.71. The third kappa shape index (κ3) is 3.46. The normalized spacial score (nSPS) is 27.7. The molecule has 5 heteroatoms. The van der Waals surface area contributed by atoms with Gasteiger partial charge in [-0.15, -0.1) is 11.8 Å². The lowest BCUT2D eigenvalue weighted by molar-refractivity contribution is 0.0681. The molecule has 31 heavy (non-hydrogen) atoms. The van der Waals surface area contributed by atoms with Crippen LogP contribution >= 0.6 is 11.8 Å². The Morgan fingerprint density at radius 2 is 1.87 bits per heavy atom. The van der Waals surface area contributed by atoms with Gasteiger partial charge in [-0.05, 0) is 55.2 Å². The first-order chi connectivity index (χ1) is 15.3. The first-order valence-corrected chi connectivity index (χ1v) is 12.9. The van der Waals surface area contributed by atoms with E-state index in [0.717, 1.165) is 44.6 Å². The molecule has 4 aliphatic rings.